The SMILES string of the molecule is CC(C)(C)N(C(=O)O)c1cccc(CNc2ncnc3c(C(N)=O)cc(CO)cc23)c1. The number of carbonyl (C=O) groups is 2. The first-order valence-corrected chi connectivity index (χ1v) is 9.66. The molecule has 1 aromatic heterocycles. The van der Waals surface area contributed by atoms with Crippen molar-refractivity contribution in [1.82, 2.24) is 9.97 Å². The Bertz CT molecular complexity index is 1140. The maximum atomic E-state index is 11.8. The summed E-state index contributed by atoms with van der Waals surface area (Å²) >= 11 is 0. The zero-order chi connectivity index (χ0) is 22.8. The van der Waals surface area contributed by atoms with Gasteiger partial charge < -0.3 is 21.3 Å². The number of aromatic nitrogens is 2. The Labute approximate surface area is 179 Å². The third-order valence-electron chi connectivity index (χ3n) is 4.74. The average Bonchev–Trinajstić information content (AvgIpc) is 2.70. The lowest BCUT2D eigenvalue weighted by atomic mass is 10.0. The Hall–Kier alpha value is -3.72. The Kier molecular flexibility index (Phi) is 6.07. The molecular weight excluding hydrogens is 398 g/mol. The number of rotatable bonds is 6. The number of nitrogens with zero attached hydrogens (tertiary/aromatic N) is 3. The minimum Gasteiger partial charge on any atom is -0.465 e. The van der Waals surface area contributed by atoms with Crippen molar-refractivity contribution in [2.24, 2.45) is 5.73 Å². The molecule has 3 rings (SSSR count). The molecule has 0 aliphatic rings. The van der Waals surface area contributed by atoms with Gasteiger partial charge >= 0.3 is 6.09 Å². The second kappa shape index (κ2) is 8.57. The van der Waals surface area contributed by atoms with Crippen LogP contribution in [0.1, 0.15) is 42.3 Å². The van der Waals surface area contributed by atoms with Crippen LogP contribution in [0.2, 0.25) is 0 Å². The van der Waals surface area contributed by atoms with Crippen LogP contribution in [0.15, 0.2) is 42.7 Å². The van der Waals surface area contributed by atoms with Gasteiger partial charge in [-0.25, -0.2) is 14.8 Å². The Morgan fingerprint density at radius 1 is 1.13 bits per heavy atom. The molecule has 0 bridgehead atoms. The molecule has 0 radical (unpaired) electrons. The van der Waals surface area contributed by atoms with Crippen molar-refractivity contribution in [3.05, 3.63) is 59.4 Å². The molecule has 0 atom stereocenters. The van der Waals surface area contributed by atoms with Gasteiger partial charge in [0, 0.05) is 23.2 Å². The number of aliphatic hydroxyl groups excluding tert-OH is 1. The van der Waals surface area contributed by atoms with Gasteiger partial charge in [0.05, 0.1) is 17.7 Å². The maximum absolute atomic E-state index is 11.8. The minimum atomic E-state index is -1.03. The number of hydrogen-bond acceptors (Lipinski definition) is 6. The lowest BCUT2D eigenvalue weighted by Crippen LogP contribution is -2.45. The summed E-state index contributed by atoms with van der Waals surface area (Å²) in [6, 6.07) is 10.4. The van der Waals surface area contributed by atoms with Gasteiger partial charge in [0.25, 0.3) is 5.91 Å². The smallest absolute Gasteiger partial charge is 0.412 e. The van der Waals surface area contributed by atoms with Crippen molar-refractivity contribution < 1.29 is 19.8 Å². The number of aliphatic hydroxyl groups is 1. The van der Waals surface area contributed by atoms with Crippen LogP contribution in [0.25, 0.3) is 10.9 Å². The molecule has 0 saturated heterocycles. The van der Waals surface area contributed by atoms with E-state index in [1.165, 1.54) is 17.3 Å². The fourth-order valence-electron chi connectivity index (χ4n) is 3.42. The van der Waals surface area contributed by atoms with Crippen molar-refractivity contribution in [3.63, 3.8) is 0 Å². The summed E-state index contributed by atoms with van der Waals surface area (Å²) in [5, 5.41) is 22.9. The predicted molar refractivity (Wildman–Crippen MR) is 118 cm³/mol. The number of fused-ring (bicyclic) bond motifs is 1. The van der Waals surface area contributed by atoms with E-state index in [9.17, 15) is 19.8 Å². The van der Waals surface area contributed by atoms with Gasteiger partial charge in [-0.2, -0.15) is 0 Å². The fraction of sp³-hybridized carbons (Fsp3) is 0.273. The lowest BCUT2D eigenvalue weighted by molar-refractivity contribution is 0.100. The Morgan fingerprint density at radius 2 is 1.87 bits per heavy atom. The number of amides is 2. The van der Waals surface area contributed by atoms with Gasteiger partial charge in [0.15, 0.2) is 0 Å². The van der Waals surface area contributed by atoms with Crippen LogP contribution in [0.5, 0.6) is 0 Å². The molecule has 31 heavy (non-hydrogen) atoms. The number of anilines is 2. The summed E-state index contributed by atoms with van der Waals surface area (Å²) in [5.41, 5.74) is 7.38. The van der Waals surface area contributed by atoms with Crippen molar-refractivity contribution in [3.8, 4) is 0 Å². The topological polar surface area (TPSA) is 142 Å². The van der Waals surface area contributed by atoms with E-state index in [-0.39, 0.29) is 12.2 Å². The third kappa shape index (κ3) is 4.72. The van der Waals surface area contributed by atoms with E-state index in [4.69, 9.17) is 5.73 Å². The molecule has 3 aromatic rings. The molecule has 9 heteroatoms. The summed E-state index contributed by atoms with van der Waals surface area (Å²) in [6.07, 6.45) is 0.299. The minimum absolute atomic E-state index is 0.205. The van der Waals surface area contributed by atoms with Gasteiger partial charge in [-0.3, -0.25) is 9.69 Å². The van der Waals surface area contributed by atoms with E-state index in [1.807, 2.05) is 26.8 Å². The molecule has 2 aromatic carbocycles. The number of carbonyl (C=O) groups excluding carboxylic acids is 1. The quantitative estimate of drug-likeness (QED) is 0.477. The number of carboxylic acid groups (broad SMARTS) is 1. The molecule has 162 valence electrons. The maximum Gasteiger partial charge on any atom is 0.412 e. The molecule has 0 fully saturated rings. The molecule has 0 aliphatic carbocycles. The zero-order valence-corrected chi connectivity index (χ0v) is 17.6. The number of nitrogens with two attached hydrogens (primary N) is 1. The highest BCUT2D eigenvalue weighted by Crippen LogP contribution is 2.27. The van der Waals surface area contributed by atoms with Crippen LogP contribution in [0, 0.1) is 0 Å². The highest BCUT2D eigenvalue weighted by atomic mass is 16.4. The molecule has 0 spiro atoms. The van der Waals surface area contributed by atoms with Crippen LogP contribution in [-0.4, -0.2) is 37.7 Å². The normalized spacial score (nSPS) is 11.4. The summed E-state index contributed by atoms with van der Waals surface area (Å²) in [7, 11) is 0. The summed E-state index contributed by atoms with van der Waals surface area (Å²) in [6.45, 7) is 5.58. The number of nitrogens with one attached hydrogen (secondary N) is 1. The summed E-state index contributed by atoms with van der Waals surface area (Å²) < 4.78 is 0. The molecule has 1 heterocycles. The Balaban J connectivity index is 1.94. The molecule has 9 nitrogen and oxygen atoms in total. The first-order valence-electron chi connectivity index (χ1n) is 9.66. The van der Waals surface area contributed by atoms with Crippen LogP contribution in [0.4, 0.5) is 16.3 Å². The van der Waals surface area contributed by atoms with Gasteiger partial charge in [0.1, 0.15) is 12.1 Å². The molecule has 0 unspecified atom stereocenters. The monoisotopic (exact) mass is 423 g/mol. The van der Waals surface area contributed by atoms with Gasteiger partial charge in [-0.15, -0.1) is 0 Å². The summed E-state index contributed by atoms with van der Waals surface area (Å²) in [4.78, 5) is 33.3. The lowest BCUT2D eigenvalue weighted by Gasteiger charge is -2.33. The molecule has 2 amide bonds. The van der Waals surface area contributed by atoms with E-state index < -0.39 is 17.5 Å². The third-order valence-corrected chi connectivity index (χ3v) is 4.74. The van der Waals surface area contributed by atoms with Gasteiger partial charge in [-0.05, 0) is 56.2 Å². The van der Waals surface area contributed by atoms with Crippen LogP contribution in [0.3, 0.4) is 0 Å². The van der Waals surface area contributed by atoms with Crippen molar-refractivity contribution in [2.75, 3.05) is 10.2 Å². The van der Waals surface area contributed by atoms with Crippen LogP contribution >= 0.6 is 0 Å². The van der Waals surface area contributed by atoms with E-state index in [2.05, 4.69) is 15.3 Å². The largest absolute Gasteiger partial charge is 0.465 e. The molecule has 5 N–H and O–H groups in total. The van der Waals surface area contributed by atoms with Crippen LogP contribution in [-0.2, 0) is 13.2 Å². The highest BCUT2D eigenvalue weighted by molar-refractivity contribution is 6.07. The number of benzene rings is 2. The van der Waals surface area contributed by atoms with E-state index >= 15 is 0 Å². The van der Waals surface area contributed by atoms with E-state index in [1.54, 1.807) is 24.3 Å². The van der Waals surface area contributed by atoms with Gasteiger partial charge in [0.2, 0.25) is 0 Å². The number of primary amides is 1. The highest BCUT2D eigenvalue weighted by Gasteiger charge is 2.27. The van der Waals surface area contributed by atoms with Crippen molar-refractivity contribution in [1.29, 1.82) is 0 Å². The van der Waals surface area contributed by atoms with Crippen LogP contribution < -0.4 is 16.0 Å². The molecular formula is C22H25N5O4. The average molecular weight is 423 g/mol. The summed E-state index contributed by atoms with van der Waals surface area (Å²) in [5.74, 6) is -0.173. The second-order valence-electron chi connectivity index (χ2n) is 8.10. The van der Waals surface area contributed by atoms with Crippen molar-refractivity contribution >= 4 is 34.4 Å². The van der Waals surface area contributed by atoms with E-state index in [0.717, 1.165) is 5.56 Å². The zero-order valence-electron chi connectivity index (χ0n) is 17.6. The van der Waals surface area contributed by atoms with Crippen molar-refractivity contribution in [2.45, 2.75) is 39.5 Å². The first-order chi connectivity index (χ1) is 14.6. The van der Waals surface area contributed by atoms with E-state index in [0.29, 0.717) is 34.5 Å². The standard InChI is InChI=1S/C22H25N5O4/c1-22(2,3)27(21(30)31)15-6-4-5-13(7-15)10-24-20-17-9-14(11-28)8-16(19(23)29)18(17)25-12-26-20/h4-9,12,28H,10-11H2,1-3H3,(H2,23,29)(H,30,31)(H,24,25,26). The first kappa shape index (κ1) is 22.0. The number of hydrogen-bond donors (Lipinski definition) is 4. The van der Waals surface area contributed by atoms with Gasteiger partial charge in [-0.1, -0.05) is 12.1 Å². The molecule has 0 saturated carbocycles. The Morgan fingerprint density at radius 3 is 2.48 bits per heavy atom. The predicted octanol–water partition coefficient (Wildman–Crippen LogP) is 3.12. The second-order valence-corrected chi connectivity index (χ2v) is 8.10. The fourth-order valence-corrected chi connectivity index (χ4v) is 3.42. The molecule has 0 aliphatic heterocycles.